The molecule has 1 N–H and O–H groups in total. The van der Waals surface area contributed by atoms with Gasteiger partial charge in [-0.15, -0.1) is 24.9 Å². The van der Waals surface area contributed by atoms with E-state index in [-0.39, 0.29) is 42.0 Å². The molecule has 0 radical (unpaired) electrons. The summed E-state index contributed by atoms with van der Waals surface area (Å²) in [7, 11) is 1.59. The van der Waals surface area contributed by atoms with Gasteiger partial charge in [0.25, 0.3) is 5.91 Å². The first-order valence-corrected chi connectivity index (χ1v) is 14.7. The predicted molar refractivity (Wildman–Crippen MR) is 155 cm³/mol. The van der Waals surface area contributed by atoms with Crippen LogP contribution in [0.15, 0.2) is 49.6 Å². The summed E-state index contributed by atoms with van der Waals surface area (Å²) in [4.78, 5) is 47.9. The van der Waals surface area contributed by atoms with E-state index in [0.29, 0.717) is 24.5 Å². The fourth-order valence-electron chi connectivity index (χ4n) is 6.87. The summed E-state index contributed by atoms with van der Waals surface area (Å²) in [6.45, 7) is 14.6. The van der Waals surface area contributed by atoms with Crippen LogP contribution in [-0.2, 0) is 14.4 Å². The van der Waals surface area contributed by atoms with Crippen LogP contribution in [0.2, 0.25) is 0 Å². The maximum Gasteiger partial charge on any atom is 0.251 e. The number of rotatable bonds is 12. The van der Waals surface area contributed by atoms with E-state index in [1.54, 1.807) is 64.8 Å². The molecule has 1 aromatic carbocycles. The van der Waals surface area contributed by atoms with Crippen molar-refractivity contribution < 1.29 is 24.2 Å². The molecule has 3 aliphatic heterocycles. The molecule has 4 rings (SSSR count). The number of ether oxygens (including phenoxy) is 1. The van der Waals surface area contributed by atoms with E-state index in [1.165, 1.54) is 0 Å². The molecule has 212 valence electrons. The number of likely N-dealkylation sites (tertiary alicyclic amines) is 1. The lowest BCUT2D eigenvalue weighted by Gasteiger charge is -2.41. The van der Waals surface area contributed by atoms with Gasteiger partial charge in [-0.25, -0.2) is 0 Å². The first-order valence-electron chi connectivity index (χ1n) is 13.8. The number of aliphatic hydroxyl groups excluding tert-OH is 1. The monoisotopic (exact) mass is 555 g/mol. The van der Waals surface area contributed by atoms with E-state index < -0.39 is 28.7 Å². The minimum Gasteiger partial charge on any atom is -0.497 e. The van der Waals surface area contributed by atoms with Crippen LogP contribution in [0.4, 0.5) is 5.69 Å². The third-order valence-electron chi connectivity index (χ3n) is 8.56. The van der Waals surface area contributed by atoms with Crippen LogP contribution < -0.4 is 9.64 Å². The molecule has 8 nitrogen and oxygen atoms in total. The Morgan fingerprint density at radius 2 is 1.90 bits per heavy atom. The van der Waals surface area contributed by atoms with Gasteiger partial charge in [-0.05, 0) is 49.9 Å². The SMILES string of the molecule is C=CCN(CCC)C(=O)[C@@H]1[C@@H]2CC(C)C3(S2)C(C(=O)N(CC=C)c2ccc(OC)cc2)N([C@H](C)CO)C(=O)[C@H]13. The molecule has 3 unspecified atom stereocenters. The summed E-state index contributed by atoms with van der Waals surface area (Å²) in [5, 5.41) is 10.1. The van der Waals surface area contributed by atoms with Gasteiger partial charge in [-0.2, -0.15) is 0 Å². The number of hydrogen-bond donors (Lipinski definition) is 1. The number of benzene rings is 1. The van der Waals surface area contributed by atoms with Gasteiger partial charge in [0.1, 0.15) is 11.8 Å². The van der Waals surface area contributed by atoms with Gasteiger partial charge in [0.15, 0.2) is 0 Å². The standard InChI is InChI=1S/C30H41N3O5S/c1-7-14-31(15-8-2)27(35)24-23-17-19(4)30(39-23)25(24)28(36)33(20(5)18-34)26(30)29(37)32(16-9-3)21-10-12-22(38-6)13-11-21/h7,9-13,19-20,23-26,34H,1,3,8,14-18H2,2,4-6H3/t19?,20-,23+,24-,25+,26?,30?/m1/s1. The third kappa shape index (κ3) is 4.67. The highest BCUT2D eigenvalue weighted by atomic mass is 32.2. The Morgan fingerprint density at radius 1 is 1.23 bits per heavy atom. The molecule has 3 fully saturated rings. The summed E-state index contributed by atoms with van der Waals surface area (Å²) in [6.07, 6.45) is 4.95. The van der Waals surface area contributed by atoms with Crippen molar-refractivity contribution in [3.05, 3.63) is 49.6 Å². The lowest BCUT2D eigenvalue weighted by atomic mass is 9.65. The molecule has 0 aliphatic carbocycles. The second-order valence-electron chi connectivity index (χ2n) is 10.8. The normalized spacial score (nSPS) is 29.6. The number of carbonyl (C=O) groups is 3. The zero-order chi connectivity index (χ0) is 28.5. The fourth-order valence-corrected chi connectivity index (χ4v) is 9.27. The average Bonchev–Trinajstić information content (AvgIpc) is 3.54. The third-order valence-corrected chi connectivity index (χ3v) is 10.6. The quantitative estimate of drug-likeness (QED) is 0.398. The summed E-state index contributed by atoms with van der Waals surface area (Å²) in [5.74, 6) is -0.896. The van der Waals surface area contributed by atoms with Crippen molar-refractivity contribution in [2.75, 3.05) is 38.3 Å². The number of amides is 3. The van der Waals surface area contributed by atoms with Crippen LogP contribution in [-0.4, -0.2) is 88.1 Å². The van der Waals surface area contributed by atoms with Crippen molar-refractivity contribution in [1.82, 2.24) is 9.80 Å². The van der Waals surface area contributed by atoms with Crippen molar-refractivity contribution in [3.63, 3.8) is 0 Å². The number of thioether (sulfide) groups is 1. The van der Waals surface area contributed by atoms with Crippen molar-refractivity contribution in [1.29, 1.82) is 0 Å². The molecular weight excluding hydrogens is 514 g/mol. The van der Waals surface area contributed by atoms with E-state index in [9.17, 15) is 19.5 Å². The van der Waals surface area contributed by atoms with Gasteiger partial charge in [-0.1, -0.05) is 26.0 Å². The van der Waals surface area contributed by atoms with Crippen LogP contribution in [0.1, 0.15) is 33.6 Å². The van der Waals surface area contributed by atoms with E-state index in [1.807, 2.05) is 19.1 Å². The van der Waals surface area contributed by atoms with Crippen LogP contribution >= 0.6 is 11.8 Å². The molecule has 0 aromatic heterocycles. The largest absolute Gasteiger partial charge is 0.497 e. The molecule has 1 aromatic rings. The molecule has 39 heavy (non-hydrogen) atoms. The minimum absolute atomic E-state index is 0.0378. The van der Waals surface area contributed by atoms with E-state index in [4.69, 9.17) is 4.74 Å². The van der Waals surface area contributed by atoms with Crippen molar-refractivity contribution in [2.45, 2.75) is 55.7 Å². The number of hydrogen-bond acceptors (Lipinski definition) is 6. The highest BCUT2D eigenvalue weighted by Crippen LogP contribution is 2.69. The van der Waals surface area contributed by atoms with E-state index in [2.05, 4.69) is 20.1 Å². The number of fused-ring (bicyclic) bond motifs is 1. The average molecular weight is 556 g/mol. The van der Waals surface area contributed by atoms with Gasteiger partial charge in [0, 0.05) is 30.6 Å². The van der Waals surface area contributed by atoms with Gasteiger partial charge >= 0.3 is 0 Å². The zero-order valence-corrected chi connectivity index (χ0v) is 24.2. The van der Waals surface area contributed by atoms with Crippen molar-refractivity contribution in [2.24, 2.45) is 17.8 Å². The number of carbonyl (C=O) groups excluding carboxylic acids is 3. The Bertz CT molecular complexity index is 1110. The molecule has 1 spiro atoms. The molecule has 3 aliphatic rings. The molecule has 7 atom stereocenters. The second-order valence-corrected chi connectivity index (χ2v) is 12.4. The second kappa shape index (κ2) is 11.8. The summed E-state index contributed by atoms with van der Waals surface area (Å²) >= 11 is 1.65. The Labute approximate surface area is 236 Å². The van der Waals surface area contributed by atoms with Gasteiger partial charge in [0.2, 0.25) is 11.8 Å². The van der Waals surface area contributed by atoms with Crippen LogP contribution in [0, 0.1) is 17.8 Å². The first kappa shape index (κ1) is 29.2. The van der Waals surface area contributed by atoms with Gasteiger partial charge < -0.3 is 24.5 Å². The van der Waals surface area contributed by atoms with E-state index in [0.717, 1.165) is 12.8 Å². The topological polar surface area (TPSA) is 90.4 Å². The van der Waals surface area contributed by atoms with Crippen LogP contribution in [0.3, 0.4) is 0 Å². The van der Waals surface area contributed by atoms with Gasteiger partial charge in [0.05, 0.1) is 36.3 Å². The summed E-state index contributed by atoms with van der Waals surface area (Å²) < 4.78 is 4.53. The lowest BCUT2D eigenvalue weighted by molar-refractivity contribution is -0.145. The Balaban J connectivity index is 1.80. The maximum atomic E-state index is 14.6. The summed E-state index contributed by atoms with van der Waals surface area (Å²) in [5.41, 5.74) is 0.669. The Kier molecular flexibility index (Phi) is 8.81. The van der Waals surface area contributed by atoms with Crippen LogP contribution in [0.5, 0.6) is 5.75 Å². The van der Waals surface area contributed by atoms with E-state index >= 15 is 0 Å². The number of nitrogens with zero attached hydrogens (tertiary/aromatic N) is 3. The first-order chi connectivity index (χ1) is 18.7. The molecule has 3 saturated heterocycles. The predicted octanol–water partition coefficient (Wildman–Crippen LogP) is 3.36. The van der Waals surface area contributed by atoms with Crippen molar-refractivity contribution >= 4 is 35.2 Å². The zero-order valence-electron chi connectivity index (χ0n) is 23.4. The fraction of sp³-hybridized carbons (Fsp3) is 0.567. The molecule has 9 heteroatoms. The smallest absolute Gasteiger partial charge is 0.251 e. The van der Waals surface area contributed by atoms with Crippen molar-refractivity contribution in [3.8, 4) is 5.75 Å². The highest BCUT2D eigenvalue weighted by Gasteiger charge is 2.76. The lowest BCUT2D eigenvalue weighted by Crippen LogP contribution is -2.59. The van der Waals surface area contributed by atoms with Gasteiger partial charge in [-0.3, -0.25) is 14.4 Å². The maximum absolute atomic E-state index is 14.6. The number of methoxy groups -OCH3 is 1. The molecule has 0 saturated carbocycles. The molecule has 3 amide bonds. The molecular formula is C30H41N3O5S. The highest BCUT2D eigenvalue weighted by molar-refractivity contribution is 8.02. The minimum atomic E-state index is -0.818. The Hall–Kier alpha value is -2.78. The molecule has 3 heterocycles. The summed E-state index contributed by atoms with van der Waals surface area (Å²) in [6, 6.07) is 5.83. The number of anilines is 1. The Morgan fingerprint density at radius 3 is 2.46 bits per heavy atom. The number of aliphatic hydroxyl groups is 1. The molecule has 2 bridgehead atoms. The van der Waals surface area contributed by atoms with Crippen LogP contribution in [0.25, 0.3) is 0 Å².